The number of rotatable bonds is 3. The van der Waals surface area contributed by atoms with E-state index >= 15 is 0 Å². The third kappa shape index (κ3) is 2.92. The summed E-state index contributed by atoms with van der Waals surface area (Å²) in [5.41, 5.74) is 5.91. The molecule has 0 aliphatic carbocycles. The zero-order valence-electron chi connectivity index (χ0n) is 10.2. The van der Waals surface area contributed by atoms with Crippen molar-refractivity contribution in [1.82, 2.24) is 0 Å². The summed E-state index contributed by atoms with van der Waals surface area (Å²) in [6.07, 6.45) is 0. The van der Waals surface area contributed by atoms with Crippen LogP contribution in [-0.4, -0.2) is 11.8 Å². The molecule has 0 saturated carbocycles. The molecule has 0 fully saturated rings. The molecule has 2 aromatic rings. The summed E-state index contributed by atoms with van der Waals surface area (Å²) in [4.78, 5) is 23.5. The van der Waals surface area contributed by atoms with Gasteiger partial charge >= 0.3 is 0 Å². The standard InChI is InChI=1S/C14H10Cl2N2O2/c15-9-5-3-6-10(16)12(9)14(20)18-11-7-2-1-4-8(11)13(17)19/h1-7H,(H2,17,19)(H,18,20). The predicted molar refractivity (Wildman–Crippen MR) is 79.4 cm³/mol. The maximum atomic E-state index is 12.2. The number of hydrogen-bond donors (Lipinski definition) is 2. The van der Waals surface area contributed by atoms with Crippen molar-refractivity contribution in [2.75, 3.05) is 5.32 Å². The number of halogens is 2. The molecule has 2 amide bonds. The Balaban J connectivity index is 2.36. The molecule has 4 nitrogen and oxygen atoms in total. The fourth-order valence-corrected chi connectivity index (χ4v) is 2.28. The van der Waals surface area contributed by atoms with E-state index < -0.39 is 11.8 Å². The highest BCUT2D eigenvalue weighted by atomic mass is 35.5. The van der Waals surface area contributed by atoms with Gasteiger partial charge in [0.1, 0.15) is 0 Å². The third-order valence-corrected chi connectivity index (χ3v) is 3.26. The van der Waals surface area contributed by atoms with Gasteiger partial charge in [-0.15, -0.1) is 0 Å². The SMILES string of the molecule is NC(=O)c1ccccc1NC(=O)c1c(Cl)cccc1Cl. The van der Waals surface area contributed by atoms with Crippen LogP contribution in [0.4, 0.5) is 5.69 Å². The van der Waals surface area contributed by atoms with Crippen LogP contribution in [0, 0.1) is 0 Å². The number of nitrogens with two attached hydrogens (primary N) is 1. The first kappa shape index (κ1) is 14.4. The maximum Gasteiger partial charge on any atom is 0.258 e. The molecular weight excluding hydrogens is 299 g/mol. The Labute approximate surface area is 125 Å². The van der Waals surface area contributed by atoms with Crippen LogP contribution in [0.25, 0.3) is 0 Å². The highest BCUT2D eigenvalue weighted by Gasteiger charge is 2.16. The minimum absolute atomic E-state index is 0.148. The van der Waals surface area contributed by atoms with Crippen molar-refractivity contribution in [3.05, 3.63) is 63.6 Å². The number of para-hydroxylation sites is 1. The van der Waals surface area contributed by atoms with Gasteiger partial charge in [0, 0.05) is 0 Å². The predicted octanol–water partition coefficient (Wildman–Crippen LogP) is 3.34. The zero-order valence-corrected chi connectivity index (χ0v) is 11.7. The highest BCUT2D eigenvalue weighted by molar-refractivity contribution is 6.40. The number of carbonyl (C=O) groups excluding carboxylic acids is 2. The van der Waals surface area contributed by atoms with Gasteiger partial charge < -0.3 is 11.1 Å². The average Bonchev–Trinajstić information content (AvgIpc) is 2.38. The number of benzene rings is 2. The van der Waals surface area contributed by atoms with Crippen LogP contribution in [0.2, 0.25) is 10.0 Å². The van der Waals surface area contributed by atoms with E-state index in [1.54, 1.807) is 36.4 Å². The van der Waals surface area contributed by atoms with E-state index in [0.717, 1.165) is 0 Å². The van der Waals surface area contributed by atoms with E-state index in [9.17, 15) is 9.59 Å². The fraction of sp³-hybridized carbons (Fsp3) is 0. The number of amides is 2. The van der Waals surface area contributed by atoms with Gasteiger partial charge in [0.05, 0.1) is 26.9 Å². The molecule has 2 rings (SSSR count). The van der Waals surface area contributed by atoms with Gasteiger partial charge in [-0.1, -0.05) is 41.4 Å². The summed E-state index contributed by atoms with van der Waals surface area (Å²) < 4.78 is 0. The quantitative estimate of drug-likeness (QED) is 0.912. The molecule has 102 valence electrons. The van der Waals surface area contributed by atoms with E-state index in [1.807, 2.05) is 0 Å². The summed E-state index contributed by atoms with van der Waals surface area (Å²) >= 11 is 11.9. The minimum atomic E-state index is -0.633. The van der Waals surface area contributed by atoms with E-state index in [-0.39, 0.29) is 21.2 Å². The first-order chi connectivity index (χ1) is 9.50. The van der Waals surface area contributed by atoms with Crippen LogP contribution in [0.1, 0.15) is 20.7 Å². The number of hydrogen-bond acceptors (Lipinski definition) is 2. The molecule has 0 atom stereocenters. The Bertz CT molecular complexity index is 666. The Morgan fingerprint density at radius 2 is 1.55 bits per heavy atom. The van der Waals surface area contributed by atoms with Crippen LogP contribution in [-0.2, 0) is 0 Å². The topological polar surface area (TPSA) is 72.2 Å². The lowest BCUT2D eigenvalue weighted by Gasteiger charge is -2.10. The van der Waals surface area contributed by atoms with Gasteiger partial charge in [0.2, 0.25) is 0 Å². The normalized spacial score (nSPS) is 10.1. The maximum absolute atomic E-state index is 12.2. The fourth-order valence-electron chi connectivity index (χ4n) is 1.71. The van der Waals surface area contributed by atoms with Crippen molar-refractivity contribution in [2.24, 2.45) is 5.73 Å². The summed E-state index contributed by atoms with van der Waals surface area (Å²) in [7, 11) is 0. The van der Waals surface area contributed by atoms with Crippen molar-refractivity contribution < 1.29 is 9.59 Å². The molecule has 2 aromatic carbocycles. The van der Waals surface area contributed by atoms with Gasteiger partial charge in [0.15, 0.2) is 0 Å². The number of carbonyl (C=O) groups is 2. The highest BCUT2D eigenvalue weighted by Crippen LogP contribution is 2.25. The lowest BCUT2D eigenvalue weighted by molar-refractivity contribution is 0.100. The lowest BCUT2D eigenvalue weighted by Crippen LogP contribution is -2.18. The molecule has 0 aromatic heterocycles. The lowest BCUT2D eigenvalue weighted by atomic mass is 10.1. The number of primary amides is 1. The van der Waals surface area contributed by atoms with Crippen LogP contribution < -0.4 is 11.1 Å². The molecule has 0 radical (unpaired) electrons. The molecule has 0 heterocycles. The van der Waals surface area contributed by atoms with E-state index in [2.05, 4.69) is 5.32 Å². The number of nitrogens with one attached hydrogen (secondary N) is 1. The van der Waals surface area contributed by atoms with Crippen LogP contribution in [0.3, 0.4) is 0 Å². The van der Waals surface area contributed by atoms with Crippen molar-refractivity contribution in [1.29, 1.82) is 0 Å². The summed E-state index contributed by atoms with van der Waals surface area (Å²) in [6.45, 7) is 0. The van der Waals surface area contributed by atoms with Gasteiger partial charge in [0.25, 0.3) is 11.8 Å². The van der Waals surface area contributed by atoms with Crippen LogP contribution >= 0.6 is 23.2 Å². The molecular formula is C14H10Cl2N2O2. The molecule has 0 aliphatic heterocycles. The second-order valence-electron chi connectivity index (χ2n) is 3.96. The van der Waals surface area contributed by atoms with Crippen LogP contribution in [0.5, 0.6) is 0 Å². The second kappa shape index (κ2) is 5.94. The second-order valence-corrected chi connectivity index (χ2v) is 4.78. The molecule has 20 heavy (non-hydrogen) atoms. The van der Waals surface area contributed by atoms with Gasteiger partial charge in [-0.05, 0) is 24.3 Å². The Morgan fingerprint density at radius 3 is 2.15 bits per heavy atom. The van der Waals surface area contributed by atoms with Gasteiger partial charge in [-0.3, -0.25) is 9.59 Å². The van der Waals surface area contributed by atoms with Crippen molar-refractivity contribution in [3.63, 3.8) is 0 Å². The summed E-state index contributed by atoms with van der Waals surface area (Å²) in [5, 5.41) is 3.04. The van der Waals surface area contributed by atoms with Crippen molar-refractivity contribution in [2.45, 2.75) is 0 Å². The monoisotopic (exact) mass is 308 g/mol. The average molecular weight is 309 g/mol. The molecule has 0 aliphatic rings. The summed E-state index contributed by atoms with van der Waals surface area (Å²) in [6, 6.07) is 11.2. The van der Waals surface area contributed by atoms with E-state index in [1.165, 1.54) is 6.07 Å². The smallest absolute Gasteiger partial charge is 0.258 e. The first-order valence-electron chi connectivity index (χ1n) is 5.65. The van der Waals surface area contributed by atoms with Crippen molar-refractivity contribution in [3.8, 4) is 0 Å². The largest absolute Gasteiger partial charge is 0.366 e. The van der Waals surface area contributed by atoms with Gasteiger partial charge in [-0.25, -0.2) is 0 Å². The third-order valence-electron chi connectivity index (χ3n) is 2.63. The first-order valence-corrected chi connectivity index (χ1v) is 6.40. The van der Waals surface area contributed by atoms with E-state index in [0.29, 0.717) is 5.69 Å². The minimum Gasteiger partial charge on any atom is -0.366 e. The van der Waals surface area contributed by atoms with Crippen molar-refractivity contribution >= 4 is 40.7 Å². The number of anilines is 1. The molecule has 3 N–H and O–H groups in total. The molecule has 0 bridgehead atoms. The van der Waals surface area contributed by atoms with E-state index in [4.69, 9.17) is 28.9 Å². The van der Waals surface area contributed by atoms with Crippen LogP contribution in [0.15, 0.2) is 42.5 Å². The molecule has 6 heteroatoms. The Morgan fingerprint density at radius 1 is 0.950 bits per heavy atom. The molecule has 0 unspecified atom stereocenters. The Hall–Kier alpha value is -2.04. The van der Waals surface area contributed by atoms with Gasteiger partial charge in [-0.2, -0.15) is 0 Å². The Kier molecular flexibility index (Phi) is 4.27. The zero-order chi connectivity index (χ0) is 14.7. The summed E-state index contributed by atoms with van der Waals surface area (Å²) in [5.74, 6) is -1.14. The molecule has 0 spiro atoms. The molecule has 0 saturated heterocycles.